The van der Waals surface area contributed by atoms with Crippen molar-refractivity contribution in [2.45, 2.75) is 37.3 Å². The predicted octanol–water partition coefficient (Wildman–Crippen LogP) is -0.476. The highest BCUT2D eigenvalue weighted by molar-refractivity contribution is 7.53. The van der Waals surface area contributed by atoms with Crippen molar-refractivity contribution in [3.8, 4) is 0 Å². The molecule has 1 aliphatic rings. The molecule has 1 unspecified atom stereocenters. The van der Waals surface area contributed by atoms with Gasteiger partial charge in [-0.2, -0.15) is 4.98 Å². The largest absolute Gasteiger partial charge is 0.479 e. The minimum absolute atomic E-state index is 0.0967. The Morgan fingerprint density at radius 2 is 2.18 bits per heavy atom. The Morgan fingerprint density at radius 1 is 1.50 bits per heavy atom. The Morgan fingerprint density at radius 3 is 2.73 bits per heavy atom. The summed E-state index contributed by atoms with van der Waals surface area (Å²) in [6.07, 6.45) is 1.96. The first kappa shape index (κ1) is 16.6. The third-order valence-corrected chi connectivity index (χ3v) is 4.39. The molecule has 0 aliphatic heterocycles. The Kier molecular flexibility index (Phi) is 4.66. The molecule has 11 heteroatoms. The molecule has 122 valence electrons. The van der Waals surface area contributed by atoms with Crippen molar-refractivity contribution in [2.75, 3.05) is 5.73 Å². The fourth-order valence-corrected chi connectivity index (χ4v) is 3.08. The minimum Gasteiger partial charge on any atom is -0.479 e. The van der Waals surface area contributed by atoms with Crippen LogP contribution < -0.4 is 11.4 Å². The van der Waals surface area contributed by atoms with Crippen LogP contribution in [-0.2, 0) is 14.1 Å². The van der Waals surface area contributed by atoms with Gasteiger partial charge >= 0.3 is 19.3 Å². The number of carbonyl (C=O) groups is 1. The van der Waals surface area contributed by atoms with Gasteiger partial charge in [-0.1, -0.05) is 0 Å². The lowest BCUT2D eigenvalue weighted by molar-refractivity contribution is -0.148. The summed E-state index contributed by atoms with van der Waals surface area (Å²) in [5.41, 5.74) is 4.87. The van der Waals surface area contributed by atoms with Gasteiger partial charge in [0, 0.05) is 12.2 Å². The van der Waals surface area contributed by atoms with Gasteiger partial charge in [0.05, 0.1) is 6.10 Å². The highest BCUT2D eigenvalue weighted by Gasteiger charge is 2.40. The molecule has 0 bridgehead atoms. The van der Waals surface area contributed by atoms with E-state index in [1.807, 2.05) is 0 Å². The number of carboxylic acids is 1. The topological polar surface area (TPSA) is 165 Å². The van der Waals surface area contributed by atoms with E-state index >= 15 is 0 Å². The molecule has 1 aliphatic carbocycles. The first-order valence-corrected chi connectivity index (χ1v) is 8.15. The van der Waals surface area contributed by atoms with Crippen LogP contribution in [0.3, 0.4) is 0 Å². The number of aliphatic carboxylic acids is 1. The molecule has 0 aromatic carbocycles. The van der Waals surface area contributed by atoms with Gasteiger partial charge in [0.25, 0.3) is 5.85 Å². The van der Waals surface area contributed by atoms with Crippen molar-refractivity contribution in [1.29, 1.82) is 0 Å². The Balaban J connectivity index is 2.08. The zero-order valence-electron chi connectivity index (χ0n) is 11.4. The minimum atomic E-state index is -4.91. The van der Waals surface area contributed by atoms with E-state index in [1.165, 1.54) is 16.8 Å². The summed E-state index contributed by atoms with van der Waals surface area (Å²) >= 11 is 0. The van der Waals surface area contributed by atoms with E-state index in [2.05, 4.69) is 4.98 Å². The fourth-order valence-electron chi connectivity index (χ4n) is 2.46. The number of anilines is 1. The van der Waals surface area contributed by atoms with Gasteiger partial charge in [0.2, 0.25) is 0 Å². The van der Waals surface area contributed by atoms with Crippen molar-refractivity contribution < 1.29 is 29.0 Å². The summed E-state index contributed by atoms with van der Waals surface area (Å²) in [5, 5.41) is 8.83. The van der Waals surface area contributed by atoms with Crippen LogP contribution in [-0.4, -0.2) is 42.4 Å². The van der Waals surface area contributed by atoms with Crippen LogP contribution in [0.2, 0.25) is 0 Å². The lowest BCUT2D eigenvalue weighted by Crippen LogP contribution is -2.29. The normalized spacial score (nSPS) is 23.4. The highest BCUT2D eigenvalue weighted by Crippen LogP contribution is 2.44. The van der Waals surface area contributed by atoms with Gasteiger partial charge in [-0.3, -0.25) is 9.13 Å². The number of nitrogens with two attached hydrogens (primary N) is 1. The molecule has 10 nitrogen and oxygen atoms in total. The van der Waals surface area contributed by atoms with E-state index in [1.54, 1.807) is 0 Å². The molecule has 0 radical (unpaired) electrons. The molecule has 1 saturated carbocycles. The van der Waals surface area contributed by atoms with Gasteiger partial charge in [0.1, 0.15) is 5.82 Å². The average Bonchev–Trinajstić information content (AvgIpc) is 2.82. The predicted molar refractivity (Wildman–Crippen MR) is 74.1 cm³/mol. The Hall–Kier alpha value is -1.74. The quantitative estimate of drug-likeness (QED) is 0.521. The number of rotatable bonds is 5. The average molecular weight is 333 g/mol. The van der Waals surface area contributed by atoms with Crippen molar-refractivity contribution in [2.24, 2.45) is 0 Å². The van der Waals surface area contributed by atoms with Crippen molar-refractivity contribution in [3.63, 3.8) is 0 Å². The fraction of sp³-hybridized carbons (Fsp3) is 0.545. The number of nitrogens with zero attached hydrogens (tertiary/aromatic N) is 2. The second-order valence-corrected chi connectivity index (χ2v) is 6.69. The Bertz CT molecular complexity index is 670. The van der Waals surface area contributed by atoms with Crippen molar-refractivity contribution >= 4 is 19.4 Å². The molecular weight excluding hydrogens is 317 g/mol. The van der Waals surface area contributed by atoms with Crippen LogP contribution in [0.1, 0.15) is 25.3 Å². The van der Waals surface area contributed by atoms with E-state index in [9.17, 15) is 14.2 Å². The zero-order chi connectivity index (χ0) is 16.5. The monoisotopic (exact) mass is 333 g/mol. The number of hydrogen-bond acceptors (Lipinski definition) is 6. The second kappa shape index (κ2) is 6.17. The van der Waals surface area contributed by atoms with E-state index in [4.69, 9.17) is 25.4 Å². The van der Waals surface area contributed by atoms with Crippen LogP contribution in [0.4, 0.5) is 5.82 Å². The van der Waals surface area contributed by atoms with Gasteiger partial charge < -0.3 is 25.4 Å². The molecule has 5 N–H and O–H groups in total. The van der Waals surface area contributed by atoms with E-state index in [0.29, 0.717) is 12.8 Å². The van der Waals surface area contributed by atoms with Crippen molar-refractivity contribution in [1.82, 2.24) is 9.55 Å². The molecule has 2 rings (SSSR count). The number of ether oxygens (including phenoxy) is 1. The summed E-state index contributed by atoms with van der Waals surface area (Å²) in [5.74, 6) is -3.82. The first-order chi connectivity index (χ1) is 10.2. The van der Waals surface area contributed by atoms with E-state index in [-0.39, 0.29) is 18.3 Å². The molecule has 22 heavy (non-hydrogen) atoms. The molecule has 1 fully saturated rings. The number of carboxylic acid groups (broad SMARTS) is 1. The molecular formula is C11H16N3O7P. The maximum absolute atomic E-state index is 11.7. The molecule has 0 saturated heterocycles. The SMILES string of the molecule is Nc1ccn([C@H]2CC[C@@H](OC(C(=O)O)P(=O)(O)O)C2)c(=O)n1. The van der Waals surface area contributed by atoms with Gasteiger partial charge in [-0.15, -0.1) is 0 Å². The van der Waals surface area contributed by atoms with Crippen LogP contribution in [0.25, 0.3) is 0 Å². The maximum atomic E-state index is 11.7. The first-order valence-electron chi connectivity index (χ1n) is 6.46. The molecule has 1 heterocycles. The third-order valence-electron chi connectivity index (χ3n) is 3.44. The van der Waals surface area contributed by atoms with Gasteiger partial charge in [-0.25, -0.2) is 9.59 Å². The highest BCUT2D eigenvalue weighted by atomic mass is 31.2. The smallest absolute Gasteiger partial charge is 0.365 e. The number of hydrogen-bond donors (Lipinski definition) is 4. The van der Waals surface area contributed by atoms with Crippen LogP contribution in [0, 0.1) is 0 Å². The summed E-state index contributed by atoms with van der Waals surface area (Å²) in [6.45, 7) is 0. The lowest BCUT2D eigenvalue weighted by atomic mass is 10.2. The summed E-state index contributed by atoms with van der Waals surface area (Å²) in [7, 11) is -4.91. The zero-order valence-corrected chi connectivity index (χ0v) is 12.3. The number of nitrogen functional groups attached to an aromatic ring is 1. The lowest BCUT2D eigenvalue weighted by Gasteiger charge is -2.20. The van der Waals surface area contributed by atoms with Crippen molar-refractivity contribution in [3.05, 3.63) is 22.7 Å². The van der Waals surface area contributed by atoms with E-state index in [0.717, 1.165) is 0 Å². The van der Waals surface area contributed by atoms with Crippen LogP contribution >= 0.6 is 7.60 Å². The van der Waals surface area contributed by atoms with Crippen LogP contribution in [0.5, 0.6) is 0 Å². The molecule has 0 amide bonds. The molecule has 1 aromatic rings. The molecule has 0 spiro atoms. The summed E-state index contributed by atoms with van der Waals surface area (Å²) in [4.78, 5) is 44.2. The standard InChI is InChI=1S/C11H16N3O7P/c12-8-3-4-14(11(17)13-8)6-1-2-7(5-6)21-10(9(15)16)22(18,19)20/h3-4,6-7,10H,1-2,5H2,(H,15,16)(H2,12,13,17)(H2,18,19,20)/t6-,7+,10?/m0/s1. The summed E-state index contributed by atoms with van der Waals surface area (Å²) < 4.78 is 17.5. The molecule has 3 atom stereocenters. The summed E-state index contributed by atoms with van der Waals surface area (Å²) in [6, 6.07) is 1.18. The van der Waals surface area contributed by atoms with Gasteiger partial charge in [-0.05, 0) is 25.3 Å². The third kappa shape index (κ3) is 3.72. The molecule has 1 aromatic heterocycles. The van der Waals surface area contributed by atoms with Gasteiger partial charge in [0.15, 0.2) is 0 Å². The van der Waals surface area contributed by atoms with E-state index < -0.39 is 31.2 Å². The maximum Gasteiger partial charge on any atom is 0.365 e. The number of aromatic nitrogens is 2. The second-order valence-electron chi connectivity index (χ2n) is 5.05. The Labute approximate surface area is 124 Å². The van der Waals surface area contributed by atoms with Crippen LogP contribution in [0.15, 0.2) is 17.1 Å².